The molecule has 0 saturated heterocycles. The van der Waals surface area contributed by atoms with Crippen LogP contribution in [-0.4, -0.2) is 26.0 Å². The van der Waals surface area contributed by atoms with Crippen LogP contribution in [-0.2, 0) is 24.3 Å². The molecule has 0 saturated carbocycles. The quantitative estimate of drug-likeness (QED) is 0.292. The lowest BCUT2D eigenvalue weighted by atomic mass is 9.96. The third-order valence-corrected chi connectivity index (χ3v) is 6.39. The molecule has 35 heavy (non-hydrogen) atoms. The SMILES string of the molecule is Cc1cc(CNc2cc(NCc3c(C)cc4c(N)nccc4c3C)ncn2)cc(C)c1CC(=O)O. The van der Waals surface area contributed by atoms with Crippen molar-refractivity contribution in [1.82, 2.24) is 15.0 Å². The number of nitrogens with one attached hydrogen (secondary N) is 2. The fourth-order valence-corrected chi connectivity index (χ4v) is 4.54. The van der Waals surface area contributed by atoms with Crippen LogP contribution in [0.25, 0.3) is 10.8 Å². The minimum atomic E-state index is -0.821. The topological polar surface area (TPSA) is 126 Å². The van der Waals surface area contributed by atoms with Gasteiger partial charge >= 0.3 is 5.97 Å². The summed E-state index contributed by atoms with van der Waals surface area (Å²) in [7, 11) is 0. The van der Waals surface area contributed by atoms with E-state index in [0.29, 0.717) is 24.7 Å². The molecule has 4 rings (SSSR count). The maximum atomic E-state index is 11.1. The van der Waals surface area contributed by atoms with Crippen molar-refractivity contribution in [3.63, 3.8) is 0 Å². The third kappa shape index (κ3) is 5.32. The Kier molecular flexibility index (Phi) is 6.82. The van der Waals surface area contributed by atoms with Crippen LogP contribution in [0.1, 0.15) is 38.9 Å². The molecule has 5 N–H and O–H groups in total. The number of benzene rings is 2. The number of fused-ring (bicyclic) bond motifs is 1. The molecule has 0 spiro atoms. The van der Waals surface area contributed by atoms with Crippen LogP contribution < -0.4 is 16.4 Å². The molecule has 0 bridgehead atoms. The summed E-state index contributed by atoms with van der Waals surface area (Å²) in [5, 5.41) is 18.0. The van der Waals surface area contributed by atoms with Crippen LogP contribution in [0.2, 0.25) is 0 Å². The molecule has 2 aromatic heterocycles. The Morgan fingerprint density at radius 3 is 2.14 bits per heavy atom. The van der Waals surface area contributed by atoms with Gasteiger partial charge in [-0.1, -0.05) is 12.1 Å². The van der Waals surface area contributed by atoms with Crippen molar-refractivity contribution in [2.24, 2.45) is 0 Å². The Morgan fingerprint density at radius 1 is 0.857 bits per heavy atom. The Morgan fingerprint density at radius 2 is 1.49 bits per heavy atom. The lowest BCUT2D eigenvalue weighted by Gasteiger charge is -2.15. The van der Waals surface area contributed by atoms with Crippen molar-refractivity contribution in [3.05, 3.63) is 81.8 Å². The van der Waals surface area contributed by atoms with E-state index in [2.05, 4.69) is 45.5 Å². The molecule has 8 nitrogen and oxygen atoms in total. The standard InChI is InChI=1S/C27H30N6O2/c1-15-7-19(8-16(2)21(15)10-26(34)35)12-30-24-11-25(33-14-32-24)31-13-23-17(3)9-22-20(18(23)4)5-6-29-27(22)28/h5-9,11,14H,10,12-13H2,1-4H3,(H2,28,29)(H,34,35)(H2,30,31,32,33). The van der Waals surface area contributed by atoms with E-state index in [-0.39, 0.29) is 6.42 Å². The summed E-state index contributed by atoms with van der Waals surface area (Å²) in [5.74, 6) is 1.15. The number of aryl methyl sites for hydroxylation is 4. The van der Waals surface area contributed by atoms with Crippen molar-refractivity contribution >= 4 is 34.2 Å². The highest BCUT2D eigenvalue weighted by Crippen LogP contribution is 2.28. The Bertz CT molecular complexity index is 1390. The maximum Gasteiger partial charge on any atom is 0.307 e. The summed E-state index contributed by atoms with van der Waals surface area (Å²) in [6.07, 6.45) is 3.30. The van der Waals surface area contributed by atoms with Gasteiger partial charge in [0.25, 0.3) is 0 Å². The maximum absolute atomic E-state index is 11.1. The molecule has 0 aliphatic rings. The molecular weight excluding hydrogens is 440 g/mol. The van der Waals surface area contributed by atoms with Gasteiger partial charge in [0.1, 0.15) is 23.8 Å². The van der Waals surface area contributed by atoms with E-state index >= 15 is 0 Å². The molecule has 180 valence electrons. The molecular formula is C27H30N6O2. The normalized spacial score (nSPS) is 11.0. The number of hydrogen-bond acceptors (Lipinski definition) is 7. The first-order valence-electron chi connectivity index (χ1n) is 11.5. The molecule has 0 atom stereocenters. The highest BCUT2D eigenvalue weighted by molar-refractivity contribution is 5.94. The van der Waals surface area contributed by atoms with Crippen LogP contribution in [0.3, 0.4) is 0 Å². The molecule has 4 aromatic rings. The number of hydrogen-bond donors (Lipinski definition) is 4. The molecule has 0 unspecified atom stereocenters. The monoisotopic (exact) mass is 470 g/mol. The van der Waals surface area contributed by atoms with E-state index in [1.807, 2.05) is 38.1 Å². The van der Waals surface area contributed by atoms with Crippen LogP contribution >= 0.6 is 0 Å². The summed E-state index contributed by atoms with van der Waals surface area (Å²) in [5.41, 5.74) is 13.5. The zero-order chi connectivity index (χ0) is 25.1. The predicted octanol–water partition coefficient (Wildman–Crippen LogP) is 4.69. The Labute approximate surface area is 204 Å². The van der Waals surface area contributed by atoms with Gasteiger partial charge in [-0.2, -0.15) is 0 Å². The number of carbonyl (C=O) groups is 1. The van der Waals surface area contributed by atoms with E-state index in [9.17, 15) is 4.79 Å². The van der Waals surface area contributed by atoms with Gasteiger partial charge in [-0.25, -0.2) is 15.0 Å². The van der Waals surface area contributed by atoms with Crippen molar-refractivity contribution in [2.75, 3.05) is 16.4 Å². The molecule has 0 fully saturated rings. The zero-order valence-corrected chi connectivity index (χ0v) is 20.4. The van der Waals surface area contributed by atoms with Gasteiger partial charge in [-0.05, 0) is 84.2 Å². The summed E-state index contributed by atoms with van der Waals surface area (Å²) >= 11 is 0. The van der Waals surface area contributed by atoms with Crippen LogP contribution in [0, 0.1) is 27.7 Å². The highest BCUT2D eigenvalue weighted by atomic mass is 16.4. The van der Waals surface area contributed by atoms with Crippen molar-refractivity contribution in [1.29, 1.82) is 0 Å². The summed E-state index contributed by atoms with van der Waals surface area (Å²) < 4.78 is 0. The number of aromatic nitrogens is 3. The third-order valence-electron chi connectivity index (χ3n) is 6.39. The van der Waals surface area contributed by atoms with Crippen molar-refractivity contribution in [3.8, 4) is 0 Å². The predicted molar refractivity (Wildman–Crippen MR) is 140 cm³/mol. The van der Waals surface area contributed by atoms with E-state index in [0.717, 1.165) is 44.4 Å². The molecule has 0 radical (unpaired) electrons. The number of carboxylic acids is 1. The average molecular weight is 471 g/mol. The molecule has 0 aliphatic carbocycles. The van der Waals surface area contributed by atoms with Crippen molar-refractivity contribution in [2.45, 2.75) is 47.2 Å². The molecule has 8 heteroatoms. The lowest BCUT2D eigenvalue weighted by Crippen LogP contribution is -2.09. The molecule has 0 amide bonds. The molecule has 2 aromatic carbocycles. The zero-order valence-electron chi connectivity index (χ0n) is 20.4. The molecule has 2 heterocycles. The smallest absolute Gasteiger partial charge is 0.307 e. The van der Waals surface area contributed by atoms with E-state index in [1.54, 1.807) is 6.20 Å². The van der Waals surface area contributed by atoms with Gasteiger partial charge < -0.3 is 21.5 Å². The summed E-state index contributed by atoms with van der Waals surface area (Å²) in [4.78, 5) is 24.0. The first-order chi connectivity index (χ1) is 16.7. The van der Waals surface area contributed by atoms with E-state index < -0.39 is 5.97 Å². The number of nitrogen functional groups attached to an aromatic ring is 1. The number of carboxylic acid groups (broad SMARTS) is 1. The second kappa shape index (κ2) is 9.97. The fraction of sp³-hybridized carbons (Fsp3) is 0.259. The van der Waals surface area contributed by atoms with Crippen LogP contribution in [0.5, 0.6) is 0 Å². The number of aliphatic carboxylic acids is 1. The fourth-order valence-electron chi connectivity index (χ4n) is 4.54. The highest BCUT2D eigenvalue weighted by Gasteiger charge is 2.11. The van der Waals surface area contributed by atoms with Gasteiger partial charge in [-0.3, -0.25) is 4.79 Å². The minimum Gasteiger partial charge on any atom is -0.481 e. The van der Waals surface area contributed by atoms with Gasteiger partial charge in [-0.15, -0.1) is 0 Å². The van der Waals surface area contributed by atoms with E-state index in [1.165, 1.54) is 17.5 Å². The number of nitrogens with two attached hydrogens (primary N) is 1. The van der Waals surface area contributed by atoms with Crippen molar-refractivity contribution < 1.29 is 9.90 Å². The first-order valence-corrected chi connectivity index (χ1v) is 11.5. The van der Waals surface area contributed by atoms with Gasteiger partial charge in [0.2, 0.25) is 0 Å². The number of rotatable bonds is 8. The van der Waals surface area contributed by atoms with Crippen LogP contribution in [0.15, 0.2) is 42.9 Å². The first kappa shape index (κ1) is 23.9. The van der Waals surface area contributed by atoms with Gasteiger partial charge in [0.15, 0.2) is 0 Å². The average Bonchev–Trinajstić information content (AvgIpc) is 2.81. The van der Waals surface area contributed by atoms with E-state index in [4.69, 9.17) is 10.8 Å². The molecule has 0 aliphatic heterocycles. The number of nitrogens with zero attached hydrogens (tertiary/aromatic N) is 3. The van der Waals surface area contributed by atoms with Gasteiger partial charge in [0, 0.05) is 30.7 Å². The van der Waals surface area contributed by atoms with Gasteiger partial charge in [0.05, 0.1) is 6.42 Å². The lowest BCUT2D eigenvalue weighted by molar-refractivity contribution is -0.136. The van der Waals surface area contributed by atoms with Crippen LogP contribution in [0.4, 0.5) is 17.5 Å². The summed E-state index contributed by atoms with van der Waals surface area (Å²) in [6.45, 7) is 9.27. The second-order valence-corrected chi connectivity index (χ2v) is 8.86. The Balaban J connectivity index is 1.46. The number of anilines is 3. The largest absolute Gasteiger partial charge is 0.481 e. The second-order valence-electron chi connectivity index (χ2n) is 8.86. The number of pyridine rings is 1. The summed E-state index contributed by atoms with van der Waals surface area (Å²) in [6, 6.07) is 10.00. The minimum absolute atomic E-state index is 0.0345. The Hall–Kier alpha value is -4.20.